The Morgan fingerprint density at radius 2 is 1.71 bits per heavy atom. The molecule has 2 N–H and O–H groups in total. The average molecular weight is 530 g/mol. The van der Waals surface area contributed by atoms with Crippen LogP contribution >= 0.6 is 0 Å². The molecule has 38 heavy (non-hydrogen) atoms. The van der Waals surface area contributed by atoms with Crippen LogP contribution in [0.1, 0.15) is 43.9 Å². The van der Waals surface area contributed by atoms with Crippen LogP contribution in [-0.4, -0.2) is 64.3 Å². The molecule has 0 fully saturated rings. The van der Waals surface area contributed by atoms with E-state index in [2.05, 4.69) is 10.2 Å². The predicted molar refractivity (Wildman–Crippen MR) is 139 cm³/mol. The number of carbonyl (C=O) groups is 3. The molecule has 0 aliphatic carbocycles. The van der Waals surface area contributed by atoms with Crippen molar-refractivity contribution >= 4 is 17.8 Å². The van der Waals surface area contributed by atoms with Crippen molar-refractivity contribution in [2.75, 3.05) is 13.2 Å². The van der Waals surface area contributed by atoms with Crippen molar-refractivity contribution < 1.29 is 34.2 Å². The Labute approximate surface area is 221 Å². The van der Waals surface area contributed by atoms with E-state index in [0.29, 0.717) is 12.8 Å². The summed E-state index contributed by atoms with van der Waals surface area (Å²) in [5, 5.41) is 21.2. The number of hydrogen-bond donors (Lipinski definition) is 2. The van der Waals surface area contributed by atoms with Crippen molar-refractivity contribution in [3.8, 4) is 0 Å². The first-order chi connectivity index (χ1) is 18.2. The van der Waals surface area contributed by atoms with Crippen molar-refractivity contribution in [2.24, 2.45) is 0 Å². The van der Waals surface area contributed by atoms with Gasteiger partial charge in [-0.05, 0) is 50.3 Å². The van der Waals surface area contributed by atoms with Crippen molar-refractivity contribution in [1.82, 2.24) is 10.2 Å². The van der Waals surface area contributed by atoms with E-state index in [1.165, 1.54) is 4.90 Å². The van der Waals surface area contributed by atoms with Gasteiger partial charge in [-0.25, -0.2) is 4.79 Å². The highest BCUT2D eigenvalue weighted by Gasteiger charge is 2.37. The van der Waals surface area contributed by atoms with Crippen LogP contribution in [0.3, 0.4) is 0 Å². The summed E-state index contributed by atoms with van der Waals surface area (Å²) in [4.78, 5) is 52.0. The molecule has 1 aliphatic rings. The third kappa shape index (κ3) is 9.15. The molecule has 1 amide bonds. The number of carboxylic acids is 1. The SMILES string of the molecule is CCOC(=O)C(CCc1ccccc1)NC(C)C(=O)N1Cc2ccccc2CC1C(=O)O.CCO[N+](=O)[O-]. The molecule has 0 spiro atoms. The van der Waals surface area contributed by atoms with Gasteiger partial charge in [0.25, 0.3) is 5.09 Å². The van der Waals surface area contributed by atoms with Crippen LogP contribution < -0.4 is 5.32 Å². The Hall–Kier alpha value is -3.99. The summed E-state index contributed by atoms with van der Waals surface area (Å²) in [6.45, 7) is 5.57. The maximum atomic E-state index is 13.3. The van der Waals surface area contributed by atoms with Crippen LogP contribution in [0.25, 0.3) is 0 Å². The summed E-state index contributed by atoms with van der Waals surface area (Å²) in [5.41, 5.74) is 2.97. The van der Waals surface area contributed by atoms with Crippen molar-refractivity contribution in [1.29, 1.82) is 0 Å². The number of rotatable bonds is 11. The molecular formula is C27H35N3O8. The molecule has 11 nitrogen and oxygen atoms in total. The number of ether oxygens (including phenoxy) is 1. The lowest BCUT2D eigenvalue weighted by Gasteiger charge is -2.36. The minimum Gasteiger partial charge on any atom is -0.480 e. The van der Waals surface area contributed by atoms with Gasteiger partial charge in [-0.1, -0.05) is 54.6 Å². The maximum absolute atomic E-state index is 13.3. The zero-order valence-corrected chi connectivity index (χ0v) is 21.9. The van der Waals surface area contributed by atoms with Crippen LogP contribution in [0.5, 0.6) is 0 Å². The molecule has 0 saturated heterocycles. The fourth-order valence-corrected chi connectivity index (χ4v) is 4.17. The second kappa shape index (κ2) is 15.3. The van der Waals surface area contributed by atoms with Gasteiger partial charge in [-0.3, -0.25) is 14.9 Å². The number of hydrogen-bond acceptors (Lipinski definition) is 8. The molecule has 3 unspecified atom stereocenters. The molecule has 0 bridgehead atoms. The number of benzene rings is 2. The minimum atomic E-state index is -1.04. The van der Waals surface area contributed by atoms with Crippen molar-refractivity contribution in [3.05, 3.63) is 81.4 Å². The first-order valence-corrected chi connectivity index (χ1v) is 12.5. The minimum absolute atomic E-state index is 0.132. The average Bonchev–Trinajstić information content (AvgIpc) is 2.90. The van der Waals surface area contributed by atoms with Gasteiger partial charge in [-0.2, -0.15) is 0 Å². The zero-order valence-electron chi connectivity index (χ0n) is 21.9. The Kier molecular flexibility index (Phi) is 12.2. The van der Waals surface area contributed by atoms with Crippen LogP contribution in [0.4, 0.5) is 0 Å². The molecule has 0 aromatic heterocycles. The normalized spacial score (nSPS) is 15.7. The van der Waals surface area contributed by atoms with Crippen LogP contribution in [0, 0.1) is 10.1 Å². The summed E-state index contributed by atoms with van der Waals surface area (Å²) in [6, 6.07) is 15.0. The zero-order chi connectivity index (χ0) is 28.1. The highest BCUT2D eigenvalue weighted by atomic mass is 16.9. The number of aryl methyl sites for hydroxylation is 1. The fourth-order valence-electron chi connectivity index (χ4n) is 4.17. The van der Waals surface area contributed by atoms with Crippen molar-refractivity contribution in [2.45, 2.75) is 64.7 Å². The molecule has 206 valence electrons. The van der Waals surface area contributed by atoms with E-state index in [4.69, 9.17) is 4.74 Å². The summed E-state index contributed by atoms with van der Waals surface area (Å²) in [7, 11) is 0. The van der Waals surface area contributed by atoms with E-state index in [1.54, 1.807) is 20.8 Å². The van der Waals surface area contributed by atoms with E-state index in [9.17, 15) is 29.6 Å². The monoisotopic (exact) mass is 529 g/mol. The van der Waals surface area contributed by atoms with Gasteiger partial charge in [-0.15, -0.1) is 10.1 Å². The number of fused-ring (bicyclic) bond motifs is 1. The van der Waals surface area contributed by atoms with E-state index >= 15 is 0 Å². The standard InChI is InChI=1S/C25H30N2O5.C2H5NO3/c1-3-32-25(31)21(14-13-18-9-5-4-6-10-18)26-17(2)23(28)27-16-20-12-8-7-11-19(20)15-22(27)24(29)30;1-2-6-3(4)5/h4-12,17,21-22,26H,3,13-16H2,1-2H3,(H,29,30);2H2,1H3. The number of nitrogens with one attached hydrogen (secondary N) is 1. The molecular weight excluding hydrogens is 494 g/mol. The Morgan fingerprint density at radius 3 is 2.26 bits per heavy atom. The van der Waals surface area contributed by atoms with Gasteiger partial charge in [0.05, 0.1) is 19.3 Å². The first kappa shape index (κ1) is 30.2. The number of carboxylic acid groups (broad SMARTS) is 1. The number of amides is 1. The molecule has 1 heterocycles. The van der Waals surface area contributed by atoms with E-state index in [-0.39, 0.29) is 32.1 Å². The molecule has 11 heteroatoms. The Morgan fingerprint density at radius 1 is 1.08 bits per heavy atom. The smallest absolute Gasteiger partial charge is 0.326 e. The third-order valence-corrected chi connectivity index (χ3v) is 6.01. The second-order valence-electron chi connectivity index (χ2n) is 8.65. The fraction of sp³-hybridized carbons (Fsp3) is 0.444. The van der Waals surface area contributed by atoms with Gasteiger partial charge >= 0.3 is 11.9 Å². The van der Waals surface area contributed by atoms with E-state index in [1.807, 2.05) is 54.6 Å². The maximum Gasteiger partial charge on any atom is 0.326 e. The third-order valence-electron chi connectivity index (χ3n) is 6.01. The van der Waals surface area contributed by atoms with Crippen molar-refractivity contribution in [3.63, 3.8) is 0 Å². The van der Waals surface area contributed by atoms with Gasteiger partial charge in [0.2, 0.25) is 5.91 Å². The topological polar surface area (TPSA) is 148 Å². The summed E-state index contributed by atoms with van der Waals surface area (Å²) >= 11 is 0. The Bertz CT molecular complexity index is 1080. The molecule has 2 aromatic rings. The number of carbonyl (C=O) groups excluding carboxylic acids is 2. The van der Waals surface area contributed by atoms with Gasteiger partial charge in [0, 0.05) is 13.0 Å². The Balaban J connectivity index is 0.000000757. The van der Waals surface area contributed by atoms with Gasteiger partial charge in [0.15, 0.2) is 0 Å². The number of aliphatic carboxylic acids is 1. The van der Waals surface area contributed by atoms with Gasteiger partial charge < -0.3 is 19.6 Å². The lowest BCUT2D eigenvalue weighted by atomic mass is 9.93. The molecule has 0 radical (unpaired) electrons. The van der Waals surface area contributed by atoms with Crippen LogP contribution in [0.15, 0.2) is 54.6 Å². The van der Waals surface area contributed by atoms with E-state index in [0.717, 1.165) is 16.7 Å². The summed E-state index contributed by atoms with van der Waals surface area (Å²) in [6.07, 6.45) is 1.37. The number of esters is 1. The molecule has 3 atom stereocenters. The lowest BCUT2D eigenvalue weighted by Crippen LogP contribution is -2.56. The lowest BCUT2D eigenvalue weighted by molar-refractivity contribution is -0.756. The van der Waals surface area contributed by atoms with Crippen LogP contribution in [-0.2, 0) is 43.3 Å². The summed E-state index contributed by atoms with van der Waals surface area (Å²) in [5.74, 6) is -1.80. The first-order valence-electron chi connectivity index (χ1n) is 12.5. The molecule has 2 aromatic carbocycles. The van der Waals surface area contributed by atoms with Gasteiger partial charge in [0.1, 0.15) is 12.1 Å². The quantitative estimate of drug-likeness (QED) is 0.255. The largest absolute Gasteiger partial charge is 0.480 e. The highest BCUT2D eigenvalue weighted by Crippen LogP contribution is 2.24. The molecule has 0 saturated carbocycles. The van der Waals surface area contributed by atoms with Crippen LogP contribution in [0.2, 0.25) is 0 Å². The van der Waals surface area contributed by atoms with E-state index < -0.39 is 35.2 Å². The highest BCUT2D eigenvalue weighted by molar-refractivity contribution is 5.88. The molecule has 1 aliphatic heterocycles. The number of nitrogens with zero attached hydrogens (tertiary/aromatic N) is 2. The predicted octanol–water partition coefficient (Wildman–Crippen LogP) is 2.78. The molecule has 3 rings (SSSR count). The summed E-state index contributed by atoms with van der Waals surface area (Å²) < 4.78 is 5.20. The second-order valence-corrected chi connectivity index (χ2v) is 8.65.